The zero-order valence-corrected chi connectivity index (χ0v) is 11.3. The van der Waals surface area contributed by atoms with E-state index in [0.29, 0.717) is 12.0 Å². The van der Waals surface area contributed by atoms with E-state index in [-0.39, 0.29) is 0 Å². The highest BCUT2D eigenvalue weighted by Crippen LogP contribution is 2.11. The summed E-state index contributed by atoms with van der Waals surface area (Å²) in [7, 11) is 0. The lowest BCUT2D eigenvalue weighted by Crippen LogP contribution is -2.33. The Balaban J connectivity index is 2.71. The molecule has 0 saturated carbocycles. The van der Waals surface area contributed by atoms with Crippen molar-refractivity contribution in [1.29, 1.82) is 0 Å². The van der Waals surface area contributed by atoms with Crippen LogP contribution in [0.15, 0.2) is 18.2 Å². The van der Waals surface area contributed by atoms with E-state index in [1.165, 1.54) is 0 Å². The molecule has 1 heterocycles. The molecule has 0 atom stereocenters. The third-order valence-electron chi connectivity index (χ3n) is 2.65. The first-order chi connectivity index (χ1) is 8.02. The highest BCUT2D eigenvalue weighted by atomic mass is 15.3. The molecule has 3 N–H and O–H groups in total. The first-order valence-electron chi connectivity index (χ1n) is 6.19. The maximum atomic E-state index is 5.36. The Labute approximate surface area is 104 Å². The summed E-state index contributed by atoms with van der Waals surface area (Å²) >= 11 is 0. The summed E-state index contributed by atoms with van der Waals surface area (Å²) < 4.78 is 0. The lowest BCUT2D eigenvalue weighted by Gasteiger charge is -2.27. The van der Waals surface area contributed by atoms with E-state index in [2.05, 4.69) is 43.0 Å². The minimum absolute atomic E-state index is 0.522. The zero-order valence-electron chi connectivity index (χ0n) is 11.3. The molecule has 0 aliphatic rings. The molecular weight excluding hydrogens is 212 g/mol. The third kappa shape index (κ3) is 4.71. The molecule has 0 unspecified atom stereocenters. The van der Waals surface area contributed by atoms with Crippen molar-refractivity contribution in [3.05, 3.63) is 23.9 Å². The van der Waals surface area contributed by atoms with Crippen LogP contribution in [-0.2, 0) is 6.54 Å². The number of hydrogen-bond acceptors (Lipinski definition) is 4. The number of nitrogen functional groups attached to an aromatic ring is 1. The van der Waals surface area contributed by atoms with Gasteiger partial charge in [0.1, 0.15) is 5.82 Å². The van der Waals surface area contributed by atoms with Gasteiger partial charge in [0.2, 0.25) is 0 Å². The van der Waals surface area contributed by atoms with Crippen LogP contribution in [0.2, 0.25) is 0 Å². The van der Waals surface area contributed by atoms with E-state index in [4.69, 9.17) is 5.84 Å². The smallest absolute Gasteiger partial charge is 0.140 e. The number of pyridine rings is 1. The molecule has 0 aromatic carbocycles. The molecule has 1 aromatic heterocycles. The number of hydrogen-bond donors (Lipinski definition) is 2. The Morgan fingerprint density at radius 3 is 2.53 bits per heavy atom. The van der Waals surface area contributed by atoms with Gasteiger partial charge < -0.3 is 5.43 Å². The molecule has 0 spiro atoms. The average Bonchev–Trinajstić information content (AvgIpc) is 2.27. The molecule has 0 saturated heterocycles. The fourth-order valence-corrected chi connectivity index (χ4v) is 1.78. The van der Waals surface area contributed by atoms with Crippen molar-refractivity contribution in [3.8, 4) is 0 Å². The van der Waals surface area contributed by atoms with Crippen LogP contribution >= 0.6 is 0 Å². The minimum atomic E-state index is 0.522. The standard InChI is InChI=1S/C13H24N4/c1-10(2)8-17(11(3)4)9-12-6-5-7-13(15-12)16-14/h5-7,10-11H,8-9,14H2,1-4H3,(H,15,16). The van der Waals surface area contributed by atoms with Crippen LogP contribution in [0.5, 0.6) is 0 Å². The molecule has 4 heteroatoms. The number of nitrogens with zero attached hydrogens (tertiary/aromatic N) is 2. The van der Waals surface area contributed by atoms with Crippen LogP contribution < -0.4 is 11.3 Å². The topological polar surface area (TPSA) is 54.2 Å². The largest absolute Gasteiger partial charge is 0.308 e. The number of aromatic nitrogens is 1. The summed E-state index contributed by atoms with van der Waals surface area (Å²) in [5, 5.41) is 0. The van der Waals surface area contributed by atoms with Crippen LogP contribution in [0, 0.1) is 5.92 Å². The predicted octanol–water partition coefficient (Wildman–Crippen LogP) is 2.23. The van der Waals surface area contributed by atoms with Crippen LogP contribution in [0.25, 0.3) is 0 Å². The third-order valence-corrected chi connectivity index (χ3v) is 2.65. The number of anilines is 1. The first-order valence-corrected chi connectivity index (χ1v) is 6.19. The van der Waals surface area contributed by atoms with Crippen molar-refractivity contribution >= 4 is 5.82 Å². The molecule has 17 heavy (non-hydrogen) atoms. The summed E-state index contributed by atoms with van der Waals surface area (Å²) in [6, 6.07) is 6.40. The molecule has 1 aromatic rings. The van der Waals surface area contributed by atoms with E-state index in [1.54, 1.807) is 0 Å². The Morgan fingerprint density at radius 2 is 2.00 bits per heavy atom. The summed E-state index contributed by atoms with van der Waals surface area (Å²) in [4.78, 5) is 6.87. The monoisotopic (exact) mass is 236 g/mol. The molecule has 0 bridgehead atoms. The van der Waals surface area contributed by atoms with Crippen LogP contribution in [-0.4, -0.2) is 22.5 Å². The van der Waals surface area contributed by atoms with Crippen molar-refractivity contribution in [2.45, 2.75) is 40.3 Å². The molecule has 0 fully saturated rings. The quantitative estimate of drug-likeness (QED) is 0.587. The van der Waals surface area contributed by atoms with Crippen molar-refractivity contribution in [3.63, 3.8) is 0 Å². The maximum absolute atomic E-state index is 5.36. The number of rotatable bonds is 6. The fourth-order valence-electron chi connectivity index (χ4n) is 1.78. The highest BCUT2D eigenvalue weighted by molar-refractivity contribution is 5.33. The van der Waals surface area contributed by atoms with Crippen molar-refractivity contribution in [2.24, 2.45) is 11.8 Å². The van der Waals surface area contributed by atoms with Gasteiger partial charge in [-0.3, -0.25) is 4.90 Å². The van der Waals surface area contributed by atoms with Gasteiger partial charge in [-0.25, -0.2) is 10.8 Å². The van der Waals surface area contributed by atoms with Crippen molar-refractivity contribution in [1.82, 2.24) is 9.88 Å². The summed E-state index contributed by atoms with van der Waals surface area (Å²) in [5.41, 5.74) is 3.63. The molecule has 1 rings (SSSR count). The molecule has 0 radical (unpaired) electrons. The van der Waals surface area contributed by atoms with Gasteiger partial charge >= 0.3 is 0 Å². The number of nitrogens with one attached hydrogen (secondary N) is 1. The SMILES string of the molecule is CC(C)CN(Cc1cccc(NN)n1)C(C)C. The Morgan fingerprint density at radius 1 is 1.29 bits per heavy atom. The molecule has 0 aliphatic carbocycles. The van der Waals surface area contributed by atoms with E-state index in [9.17, 15) is 0 Å². The van der Waals surface area contributed by atoms with Crippen LogP contribution in [0.4, 0.5) is 5.82 Å². The molecule has 4 nitrogen and oxygen atoms in total. The minimum Gasteiger partial charge on any atom is -0.308 e. The van der Waals surface area contributed by atoms with Crippen LogP contribution in [0.1, 0.15) is 33.4 Å². The second-order valence-corrected chi connectivity index (χ2v) is 5.08. The van der Waals surface area contributed by atoms with Gasteiger partial charge in [0.15, 0.2) is 0 Å². The Kier molecular flexibility index (Phi) is 5.38. The molecule has 0 aliphatic heterocycles. The Bertz CT molecular complexity index is 336. The summed E-state index contributed by atoms with van der Waals surface area (Å²) in [5.74, 6) is 6.74. The average molecular weight is 236 g/mol. The zero-order chi connectivity index (χ0) is 12.8. The molecule has 96 valence electrons. The van der Waals surface area contributed by atoms with Gasteiger partial charge in [-0.1, -0.05) is 19.9 Å². The van der Waals surface area contributed by atoms with Gasteiger partial charge in [0.05, 0.1) is 5.69 Å². The summed E-state index contributed by atoms with van der Waals surface area (Å²) in [6.07, 6.45) is 0. The van der Waals surface area contributed by atoms with Crippen LogP contribution in [0.3, 0.4) is 0 Å². The number of hydrazine groups is 1. The van der Waals surface area contributed by atoms with E-state index in [1.807, 2.05) is 18.2 Å². The van der Waals surface area contributed by atoms with Gasteiger partial charge in [0, 0.05) is 19.1 Å². The van der Waals surface area contributed by atoms with Crippen molar-refractivity contribution in [2.75, 3.05) is 12.0 Å². The van der Waals surface area contributed by atoms with Crippen molar-refractivity contribution < 1.29 is 0 Å². The van der Waals surface area contributed by atoms with E-state index in [0.717, 1.165) is 24.6 Å². The second-order valence-electron chi connectivity index (χ2n) is 5.08. The predicted molar refractivity (Wildman–Crippen MR) is 72.4 cm³/mol. The first kappa shape index (κ1) is 13.9. The normalized spacial score (nSPS) is 11.5. The molecular formula is C13H24N4. The van der Waals surface area contributed by atoms with Gasteiger partial charge in [0.25, 0.3) is 0 Å². The summed E-state index contributed by atoms with van der Waals surface area (Å²) in [6.45, 7) is 10.9. The van der Waals surface area contributed by atoms with E-state index >= 15 is 0 Å². The molecule has 0 amide bonds. The lowest BCUT2D eigenvalue weighted by atomic mass is 10.1. The number of nitrogens with two attached hydrogens (primary N) is 1. The van der Waals surface area contributed by atoms with Gasteiger partial charge in [-0.05, 0) is 31.9 Å². The van der Waals surface area contributed by atoms with Gasteiger partial charge in [-0.15, -0.1) is 0 Å². The lowest BCUT2D eigenvalue weighted by molar-refractivity contribution is 0.187. The van der Waals surface area contributed by atoms with E-state index < -0.39 is 0 Å². The Hall–Kier alpha value is -1.13. The second kappa shape index (κ2) is 6.57. The maximum Gasteiger partial charge on any atom is 0.140 e. The van der Waals surface area contributed by atoms with Gasteiger partial charge in [-0.2, -0.15) is 0 Å². The highest BCUT2D eigenvalue weighted by Gasteiger charge is 2.12. The fraction of sp³-hybridized carbons (Fsp3) is 0.615.